The van der Waals surface area contributed by atoms with Gasteiger partial charge in [-0.05, 0) is 38.1 Å². The minimum Gasteiger partial charge on any atom is -0.453 e. The number of halogens is 6. The summed E-state index contributed by atoms with van der Waals surface area (Å²) in [6, 6.07) is 2.29. The lowest BCUT2D eigenvalue weighted by molar-refractivity contribution is -0.220. The smallest absolute Gasteiger partial charge is 0.407 e. The van der Waals surface area contributed by atoms with E-state index < -0.39 is 59.7 Å². The van der Waals surface area contributed by atoms with Crippen LogP contribution < -0.4 is 16.0 Å². The van der Waals surface area contributed by atoms with Gasteiger partial charge in [0.15, 0.2) is 0 Å². The molecule has 1 heterocycles. The van der Waals surface area contributed by atoms with Crippen molar-refractivity contribution in [3.63, 3.8) is 0 Å². The highest BCUT2D eigenvalue weighted by Gasteiger charge is 2.55. The number of benzene rings is 1. The molecule has 0 unspecified atom stereocenters. The Hall–Kier alpha value is -3.39. The van der Waals surface area contributed by atoms with Crippen LogP contribution in [0.25, 0.3) is 11.3 Å². The van der Waals surface area contributed by atoms with Crippen LogP contribution in [0.4, 0.5) is 31.1 Å². The van der Waals surface area contributed by atoms with Gasteiger partial charge in [0, 0.05) is 30.8 Å². The summed E-state index contributed by atoms with van der Waals surface area (Å²) in [5, 5.41) is 16.6. The second-order valence-corrected chi connectivity index (χ2v) is 8.60. The fourth-order valence-corrected chi connectivity index (χ4v) is 3.14. The normalized spacial score (nSPS) is 13.6. The number of carbonyl (C=O) groups excluding carboxylic acids is 2. The maximum Gasteiger partial charge on any atom is 0.407 e. The molecule has 0 spiro atoms. The zero-order valence-corrected chi connectivity index (χ0v) is 20.0. The second-order valence-electron chi connectivity index (χ2n) is 8.60. The van der Waals surface area contributed by atoms with E-state index >= 15 is 0 Å². The van der Waals surface area contributed by atoms with Crippen molar-refractivity contribution in [2.75, 3.05) is 20.2 Å². The third kappa shape index (κ3) is 7.79. The van der Waals surface area contributed by atoms with E-state index in [2.05, 4.69) is 20.4 Å². The number of alkyl halides is 3. The van der Waals surface area contributed by atoms with E-state index in [-0.39, 0.29) is 29.9 Å². The number of hydrogen-bond donors (Lipinski definition) is 4. The van der Waals surface area contributed by atoms with E-state index in [1.54, 1.807) is 0 Å². The van der Waals surface area contributed by atoms with Gasteiger partial charge in [-0.3, -0.25) is 9.78 Å². The lowest BCUT2D eigenvalue weighted by Crippen LogP contribution is -2.60. The number of carbonyl (C=O) groups is 2. The Labute approximate surface area is 208 Å². The lowest BCUT2D eigenvalue weighted by atomic mass is 9.83. The van der Waals surface area contributed by atoms with Gasteiger partial charge in [0.2, 0.25) is 5.91 Å². The van der Waals surface area contributed by atoms with E-state index in [0.717, 1.165) is 31.5 Å². The van der Waals surface area contributed by atoms with Crippen molar-refractivity contribution in [1.82, 2.24) is 20.9 Å². The Morgan fingerprint density at radius 1 is 1.08 bits per heavy atom. The quantitative estimate of drug-likeness (QED) is 0.348. The second kappa shape index (κ2) is 12.2. The largest absolute Gasteiger partial charge is 0.453 e. The predicted molar refractivity (Wildman–Crippen MR) is 119 cm³/mol. The summed E-state index contributed by atoms with van der Waals surface area (Å²) in [5.74, 6) is -3.70. The highest BCUT2D eigenvalue weighted by molar-refractivity contribution is 5.86. The molecule has 0 saturated heterocycles. The highest BCUT2D eigenvalue weighted by Crippen LogP contribution is 2.40. The minimum atomic E-state index is -4.87. The summed E-state index contributed by atoms with van der Waals surface area (Å²) < 4.78 is 86.4. The Kier molecular flexibility index (Phi) is 9.87. The molecule has 0 saturated carbocycles. The van der Waals surface area contributed by atoms with E-state index in [0.29, 0.717) is 13.8 Å². The number of rotatable bonds is 10. The zero-order valence-electron chi connectivity index (χ0n) is 20.0. The summed E-state index contributed by atoms with van der Waals surface area (Å²) in [5.41, 5.74) is -2.81. The average molecular weight is 536 g/mol. The van der Waals surface area contributed by atoms with Gasteiger partial charge in [0.25, 0.3) is 0 Å². The SMILES string of the molecule is COC(=O)N[C@H](C(=O)NC[C@@H](O)CNCc1c(F)cc(-c2ccc(F)cn2)cc1F)C(C)(C)C(F)(F)F. The van der Waals surface area contributed by atoms with Crippen molar-refractivity contribution in [3.8, 4) is 11.3 Å². The summed E-state index contributed by atoms with van der Waals surface area (Å²) in [6.07, 6.45) is -6.58. The number of alkyl carbamates (subject to hydrolysis) is 1. The topological polar surface area (TPSA) is 113 Å². The standard InChI is InChI=1S/C23H26F6N4O4/c1-22(2,23(27,28)29)19(33-21(36)37-3)20(35)32-10-14(34)9-30-11-15-16(25)6-12(7-17(15)26)18-5-4-13(24)8-31-18/h4-8,14,19,30,34H,9-11H2,1-3H3,(H,32,35)(H,33,36)/t14-,19+/m0/s1. The van der Waals surface area contributed by atoms with Crippen LogP contribution in [-0.2, 0) is 16.1 Å². The molecule has 0 aliphatic heterocycles. The van der Waals surface area contributed by atoms with Crippen LogP contribution in [0.15, 0.2) is 30.5 Å². The monoisotopic (exact) mass is 536 g/mol. The molecule has 204 valence electrons. The third-order valence-electron chi connectivity index (χ3n) is 5.52. The summed E-state index contributed by atoms with van der Waals surface area (Å²) in [4.78, 5) is 27.6. The van der Waals surface area contributed by atoms with Gasteiger partial charge in [0.05, 0.1) is 30.5 Å². The Morgan fingerprint density at radius 2 is 1.70 bits per heavy atom. The van der Waals surface area contributed by atoms with Crippen LogP contribution in [0.5, 0.6) is 0 Å². The van der Waals surface area contributed by atoms with Crippen LogP contribution in [0.2, 0.25) is 0 Å². The Bertz CT molecular complexity index is 1070. The number of aliphatic hydroxyl groups is 1. The number of nitrogens with zero attached hydrogens (tertiary/aromatic N) is 1. The fraction of sp³-hybridized carbons (Fsp3) is 0.435. The van der Waals surface area contributed by atoms with E-state index in [4.69, 9.17) is 0 Å². The third-order valence-corrected chi connectivity index (χ3v) is 5.52. The number of pyridine rings is 1. The van der Waals surface area contributed by atoms with Crippen molar-refractivity contribution in [3.05, 3.63) is 53.5 Å². The predicted octanol–water partition coefficient (Wildman–Crippen LogP) is 3.05. The lowest BCUT2D eigenvalue weighted by Gasteiger charge is -2.35. The fourth-order valence-electron chi connectivity index (χ4n) is 3.14. The van der Waals surface area contributed by atoms with Crippen LogP contribution in [0, 0.1) is 22.9 Å². The molecule has 2 aromatic rings. The van der Waals surface area contributed by atoms with E-state index in [1.807, 2.05) is 5.32 Å². The number of amides is 2. The zero-order chi connectivity index (χ0) is 28.0. The van der Waals surface area contributed by atoms with Crippen molar-refractivity contribution in [2.24, 2.45) is 5.41 Å². The Morgan fingerprint density at radius 3 is 2.22 bits per heavy atom. The molecular formula is C23H26F6N4O4. The number of aliphatic hydroxyl groups excluding tert-OH is 1. The van der Waals surface area contributed by atoms with Gasteiger partial charge in [-0.2, -0.15) is 13.2 Å². The molecule has 2 atom stereocenters. The first kappa shape index (κ1) is 29.8. The molecule has 0 aliphatic rings. The van der Waals surface area contributed by atoms with Crippen LogP contribution in [-0.4, -0.2) is 60.6 Å². The Balaban J connectivity index is 1.96. The number of methoxy groups -OCH3 is 1. The minimum absolute atomic E-state index is 0.0818. The molecule has 0 aliphatic carbocycles. The van der Waals surface area contributed by atoms with Gasteiger partial charge in [-0.1, -0.05) is 0 Å². The molecule has 14 heteroatoms. The molecular weight excluding hydrogens is 510 g/mol. The van der Waals surface area contributed by atoms with Crippen molar-refractivity contribution < 1.29 is 45.8 Å². The van der Waals surface area contributed by atoms with Crippen molar-refractivity contribution in [1.29, 1.82) is 0 Å². The molecule has 4 N–H and O–H groups in total. The first-order valence-corrected chi connectivity index (χ1v) is 10.8. The summed E-state index contributed by atoms with van der Waals surface area (Å²) in [6.45, 7) is 0.238. The molecule has 1 aromatic carbocycles. The van der Waals surface area contributed by atoms with Crippen LogP contribution >= 0.6 is 0 Å². The molecule has 0 bridgehead atoms. The number of nitrogens with one attached hydrogen (secondary N) is 3. The molecule has 1 aromatic heterocycles. The molecule has 2 rings (SSSR count). The number of ether oxygens (including phenoxy) is 1. The van der Waals surface area contributed by atoms with Gasteiger partial charge in [-0.15, -0.1) is 0 Å². The van der Waals surface area contributed by atoms with Gasteiger partial charge in [-0.25, -0.2) is 18.0 Å². The first-order valence-electron chi connectivity index (χ1n) is 10.8. The highest BCUT2D eigenvalue weighted by atomic mass is 19.4. The number of hydrogen-bond acceptors (Lipinski definition) is 6. The summed E-state index contributed by atoms with van der Waals surface area (Å²) >= 11 is 0. The average Bonchev–Trinajstić information content (AvgIpc) is 2.81. The van der Waals surface area contributed by atoms with E-state index in [1.165, 1.54) is 6.07 Å². The molecule has 2 amide bonds. The number of aromatic nitrogens is 1. The summed E-state index contributed by atoms with van der Waals surface area (Å²) in [7, 11) is 0.916. The van der Waals surface area contributed by atoms with Crippen LogP contribution in [0.3, 0.4) is 0 Å². The van der Waals surface area contributed by atoms with Crippen molar-refractivity contribution >= 4 is 12.0 Å². The molecule has 0 fully saturated rings. The van der Waals surface area contributed by atoms with Gasteiger partial charge >= 0.3 is 12.3 Å². The maximum atomic E-state index is 14.4. The molecule has 8 nitrogen and oxygen atoms in total. The van der Waals surface area contributed by atoms with Crippen molar-refractivity contribution in [2.45, 2.75) is 38.7 Å². The van der Waals surface area contributed by atoms with Gasteiger partial charge < -0.3 is 25.8 Å². The maximum absolute atomic E-state index is 14.4. The first-order chi connectivity index (χ1) is 17.2. The molecule has 0 radical (unpaired) electrons. The van der Waals surface area contributed by atoms with E-state index in [9.17, 15) is 41.0 Å². The van der Waals surface area contributed by atoms with Crippen LogP contribution in [0.1, 0.15) is 19.4 Å². The molecule has 37 heavy (non-hydrogen) atoms. The van der Waals surface area contributed by atoms with Gasteiger partial charge in [0.1, 0.15) is 23.5 Å².